The first-order chi connectivity index (χ1) is 13.6. The van der Waals surface area contributed by atoms with E-state index in [0.717, 1.165) is 53.7 Å². The largest absolute Gasteiger partial charge is 0.507 e. The number of likely N-dealkylation sites (tertiary alicyclic amines) is 1. The number of fused-ring (bicyclic) bond motifs is 1. The third-order valence-electron chi connectivity index (χ3n) is 5.29. The summed E-state index contributed by atoms with van der Waals surface area (Å²) in [6.07, 6.45) is 4.14. The molecule has 28 heavy (non-hydrogen) atoms. The Morgan fingerprint density at radius 1 is 1.18 bits per heavy atom. The summed E-state index contributed by atoms with van der Waals surface area (Å²) in [4.78, 5) is 18.1. The van der Waals surface area contributed by atoms with Gasteiger partial charge in [0.2, 0.25) is 5.91 Å². The number of amides is 1. The highest BCUT2D eigenvalue weighted by Crippen LogP contribution is 2.33. The number of nitrogens with zero attached hydrogens (tertiary/aromatic N) is 2. The van der Waals surface area contributed by atoms with Gasteiger partial charge in [0, 0.05) is 49.5 Å². The minimum Gasteiger partial charge on any atom is -0.507 e. The van der Waals surface area contributed by atoms with Crippen LogP contribution < -0.4 is 4.74 Å². The van der Waals surface area contributed by atoms with Gasteiger partial charge in [-0.2, -0.15) is 0 Å². The zero-order valence-electron chi connectivity index (χ0n) is 16.0. The number of carbonyl (C=O) groups is 1. The molecule has 4 rings (SSSR count). The Hall–Kier alpha value is -3.08. The third-order valence-corrected chi connectivity index (χ3v) is 5.29. The Morgan fingerprint density at radius 3 is 2.64 bits per heavy atom. The SMILES string of the molecule is CCC(=O)N1CCC(Oc2ccc(-c3cc4ncccc4cc3O)cc2)CC1. The summed E-state index contributed by atoms with van der Waals surface area (Å²) in [7, 11) is 0. The topological polar surface area (TPSA) is 62.7 Å². The van der Waals surface area contributed by atoms with Gasteiger partial charge in [0.15, 0.2) is 0 Å². The molecule has 5 nitrogen and oxygen atoms in total. The highest BCUT2D eigenvalue weighted by molar-refractivity contribution is 5.87. The fraction of sp³-hybridized carbons (Fsp3) is 0.304. The third kappa shape index (κ3) is 3.79. The number of phenols is 1. The van der Waals surface area contributed by atoms with Crippen LogP contribution in [-0.2, 0) is 4.79 Å². The van der Waals surface area contributed by atoms with Crippen LogP contribution in [0.15, 0.2) is 54.7 Å². The normalized spacial score (nSPS) is 15.0. The van der Waals surface area contributed by atoms with Crippen LogP contribution in [0, 0.1) is 0 Å². The van der Waals surface area contributed by atoms with Crippen molar-refractivity contribution in [2.24, 2.45) is 0 Å². The first-order valence-corrected chi connectivity index (χ1v) is 9.76. The molecule has 0 atom stereocenters. The van der Waals surface area contributed by atoms with E-state index in [-0.39, 0.29) is 17.8 Å². The molecule has 2 heterocycles. The van der Waals surface area contributed by atoms with E-state index in [9.17, 15) is 9.90 Å². The van der Waals surface area contributed by atoms with Gasteiger partial charge in [-0.25, -0.2) is 0 Å². The predicted molar refractivity (Wildman–Crippen MR) is 109 cm³/mol. The monoisotopic (exact) mass is 376 g/mol. The lowest BCUT2D eigenvalue weighted by Gasteiger charge is -2.32. The van der Waals surface area contributed by atoms with Gasteiger partial charge >= 0.3 is 0 Å². The van der Waals surface area contributed by atoms with E-state index in [2.05, 4.69) is 4.98 Å². The van der Waals surface area contributed by atoms with Crippen molar-refractivity contribution in [3.8, 4) is 22.6 Å². The van der Waals surface area contributed by atoms with Crippen LogP contribution in [0.2, 0.25) is 0 Å². The summed E-state index contributed by atoms with van der Waals surface area (Å²) in [5.41, 5.74) is 2.52. The minimum absolute atomic E-state index is 0.130. The van der Waals surface area contributed by atoms with E-state index in [1.807, 2.05) is 54.3 Å². The quantitative estimate of drug-likeness (QED) is 0.734. The van der Waals surface area contributed by atoms with Gasteiger partial charge in [-0.1, -0.05) is 25.1 Å². The number of aromatic nitrogens is 1. The maximum atomic E-state index is 11.8. The summed E-state index contributed by atoms with van der Waals surface area (Å²) in [5, 5.41) is 11.3. The molecule has 1 aliphatic rings. The second-order valence-electron chi connectivity index (χ2n) is 7.14. The van der Waals surface area contributed by atoms with Crippen LogP contribution in [0.5, 0.6) is 11.5 Å². The number of pyridine rings is 1. The molecule has 0 spiro atoms. The molecule has 0 aliphatic carbocycles. The number of hydrogen-bond donors (Lipinski definition) is 1. The summed E-state index contributed by atoms with van der Waals surface area (Å²) < 4.78 is 6.10. The van der Waals surface area contributed by atoms with Crippen molar-refractivity contribution >= 4 is 16.8 Å². The maximum Gasteiger partial charge on any atom is 0.222 e. The molecular weight excluding hydrogens is 352 g/mol. The first kappa shape index (κ1) is 18.3. The number of carbonyl (C=O) groups excluding carboxylic acids is 1. The molecule has 0 radical (unpaired) electrons. The number of phenolic OH excluding ortho intramolecular Hbond substituents is 1. The van der Waals surface area contributed by atoms with E-state index in [0.29, 0.717) is 6.42 Å². The fourth-order valence-corrected chi connectivity index (χ4v) is 3.69. The molecular formula is C23H24N2O3. The van der Waals surface area contributed by atoms with Crippen molar-refractivity contribution in [2.45, 2.75) is 32.3 Å². The van der Waals surface area contributed by atoms with Crippen molar-refractivity contribution in [3.63, 3.8) is 0 Å². The van der Waals surface area contributed by atoms with Crippen molar-refractivity contribution in [1.29, 1.82) is 0 Å². The molecule has 0 saturated carbocycles. The highest BCUT2D eigenvalue weighted by atomic mass is 16.5. The molecule has 3 aromatic rings. The van der Waals surface area contributed by atoms with Crippen LogP contribution in [0.3, 0.4) is 0 Å². The van der Waals surface area contributed by atoms with E-state index in [1.54, 1.807) is 12.3 Å². The van der Waals surface area contributed by atoms with E-state index in [4.69, 9.17) is 4.74 Å². The lowest BCUT2D eigenvalue weighted by molar-refractivity contribution is -0.132. The number of aromatic hydroxyl groups is 1. The molecule has 1 amide bonds. The summed E-state index contributed by atoms with van der Waals surface area (Å²) >= 11 is 0. The molecule has 1 fully saturated rings. The molecule has 1 aliphatic heterocycles. The zero-order valence-corrected chi connectivity index (χ0v) is 16.0. The number of rotatable bonds is 4. The van der Waals surface area contributed by atoms with Crippen molar-refractivity contribution in [2.75, 3.05) is 13.1 Å². The van der Waals surface area contributed by atoms with Gasteiger partial charge in [-0.05, 0) is 35.9 Å². The van der Waals surface area contributed by atoms with Gasteiger partial charge < -0.3 is 14.7 Å². The smallest absolute Gasteiger partial charge is 0.222 e. The van der Waals surface area contributed by atoms with Crippen LogP contribution >= 0.6 is 0 Å². The summed E-state index contributed by atoms with van der Waals surface area (Å²) in [6.45, 7) is 3.41. The zero-order chi connectivity index (χ0) is 19.5. The molecule has 144 valence electrons. The van der Waals surface area contributed by atoms with Crippen LogP contribution in [-0.4, -0.2) is 40.1 Å². The number of hydrogen-bond acceptors (Lipinski definition) is 4. The van der Waals surface area contributed by atoms with Gasteiger partial charge in [0.25, 0.3) is 0 Å². The number of ether oxygens (including phenoxy) is 1. The van der Waals surface area contributed by atoms with Crippen molar-refractivity contribution in [3.05, 3.63) is 54.7 Å². The van der Waals surface area contributed by atoms with Crippen LogP contribution in [0.1, 0.15) is 26.2 Å². The van der Waals surface area contributed by atoms with Crippen LogP contribution in [0.25, 0.3) is 22.0 Å². The molecule has 5 heteroatoms. The van der Waals surface area contributed by atoms with Crippen molar-refractivity contribution < 1.29 is 14.6 Å². The predicted octanol–water partition coefficient (Wildman–Crippen LogP) is 4.39. The van der Waals surface area contributed by atoms with Gasteiger partial charge in [-0.3, -0.25) is 9.78 Å². The Kier molecular flexibility index (Phi) is 5.15. The average Bonchev–Trinajstić information content (AvgIpc) is 2.74. The molecule has 1 N–H and O–H groups in total. The Labute approximate surface area is 164 Å². The molecule has 1 aromatic heterocycles. The minimum atomic E-state index is 0.130. The standard InChI is InChI=1S/C23H24N2O3/c1-2-23(27)25-12-9-19(10-13-25)28-18-7-5-16(6-8-18)20-15-21-17(14-22(20)26)4-3-11-24-21/h3-8,11,14-15,19,26H,2,9-10,12-13H2,1H3. The summed E-state index contributed by atoms with van der Waals surface area (Å²) in [5.74, 6) is 1.26. The molecule has 0 bridgehead atoms. The van der Waals surface area contributed by atoms with Gasteiger partial charge in [-0.15, -0.1) is 0 Å². The second-order valence-corrected chi connectivity index (χ2v) is 7.14. The number of piperidine rings is 1. The Morgan fingerprint density at radius 2 is 1.93 bits per heavy atom. The fourth-order valence-electron chi connectivity index (χ4n) is 3.69. The lowest BCUT2D eigenvalue weighted by Crippen LogP contribution is -2.41. The first-order valence-electron chi connectivity index (χ1n) is 9.76. The van der Waals surface area contributed by atoms with Gasteiger partial charge in [0.1, 0.15) is 17.6 Å². The average molecular weight is 376 g/mol. The van der Waals surface area contributed by atoms with E-state index in [1.165, 1.54) is 0 Å². The molecule has 2 aromatic carbocycles. The van der Waals surface area contributed by atoms with Crippen molar-refractivity contribution in [1.82, 2.24) is 9.88 Å². The molecule has 1 saturated heterocycles. The van der Waals surface area contributed by atoms with E-state index < -0.39 is 0 Å². The summed E-state index contributed by atoms with van der Waals surface area (Å²) in [6, 6.07) is 15.2. The Bertz CT molecular complexity index is 977. The molecule has 0 unspecified atom stereocenters. The Balaban J connectivity index is 1.45. The number of benzene rings is 2. The van der Waals surface area contributed by atoms with Gasteiger partial charge in [0.05, 0.1) is 5.52 Å². The second kappa shape index (κ2) is 7.89. The van der Waals surface area contributed by atoms with Crippen LogP contribution in [0.4, 0.5) is 0 Å². The van der Waals surface area contributed by atoms with E-state index >= 15 is 0 Å². The lowest BCUT2D eigenvalue weighted by atomic mass is 10.0. The maximum absolute atomic E-state index is 11.8. The highest BCUT2D eigenvalue weighted by Gasteiger charge is 2.23.